The molecule has 344 valence electrons. The molecule has 4 aromatic rings. The number of likely N-dealkylation sites (N-methyl/N-ethyl adjacent to an activating group) is 2. The van der Waals surface area contributed by atoms with Gasteiger partial charge in [0.05, 0.1) is 11.1 Å². The fourth-order valence-corrected chi connectivity index (χ4v) is 10.6. The average Bonchev–Trinajstić information content (AvgIpc) is 3.35. The summed E-state index contributed by atoms with van der Waals surface area (Å²) in [6.45, 7) is 20.9. The predicted octanol–water partition coefficient (Wildman–Crippen LogP) is 7.22. The first kappa shape index (κ1) is 47.5. The first-order valence-electron chi connectivity index (χ1n) is 24.1. The van der Waals surface area contributed by atoms with Crippen LogP contribution in [0.15, 0.2) is 97.1 Å². The Morgan fingerprint density at radius 2 is 0.812 bits per heavy atom. The van der Waals surface area contributed by atoms with Crippen molar-refractivity contribution in [2.75, 3.05) is 117 Å². The molecule has 0 radical (unpaired) electrons. The Morgan fingerprint density at radius 1 is 0.500 bits per heavy atom. The summed E-state index contributed by atoms with van der Waals surface area (Å²) in [5.41, 5.74) is 7.68. The molecule has 4 unspecified atom stereocenters. The number of benzene rings is 4. The molecule has 0 saturated carbocycles. The lowest BCUT2D eigenvalue weighted by molar-refractivity contribution is 0.0660. The quantitative estimate of drug-likeness (QED) is 0.100. The van der Waals surface area contributed by atoms with E-state index in [4.69, 9.17) is 0 Å². The fourth-order valence-electron chi connectivity index (χ4n) is 10.6. The van der Waals surface area contributed by atoms with E-state index in [1.165, 1.54) is 33.6 Å². The Morgan fingerprint density at radius 3 is 1.09 bits per heavy atom. The van der Waals surface area contributed by atoms with Crippen LogP contribution in [0.5, 0.6) is 0 Å². The molecule has 0 bridgehead atoms. The number of Topliss-reactive ketones (excluding diaryl/α,β-unsaturated/α-hetero) is 2. The van der Waals surface area contributed by atoms with Gasteiger partial charge in [0.25, 0.3) is 0 Å². The van der Waals surface area contributed by atoms with Crippen LogP contribution in [0.3, 0.4) is 0 Å². The van der Waals surface area contributed by atoms with Crippen molar-refractivity contribution in [2.24, 2.45) is 0 Å². The summed E-state index contributed by atoms with van der Waals surface area (Å²) in [6.07, 6.45) is 2.79. The molecule has 0 amide bonds. The van der Waals surface area contributed by atoms with Crippen molar-refractivity contribution in [1.82, 2.24) is 30.2 Å². The van der Waals surface area contributed by atoms with Crippen molar-refractivity contribution < 1.29 is 9.59 Å². The van der Waals surface area contributed by atoms with Crippen molar-refractivity contribution in [3.63, 3.8) is 0 Å². The molecule has 4 atom stereocenters. The van der Waals surface area contributed by atoms with Gasteiger partial charge in [-0.3, -0.25) is 29.2 Å². The molecule has 10 heteroatoms. The van der Waals surface area contributed by atoms with E-state index in [1.807, 2.05) is 52.5 Å². The molecule has 3 fully saturated rings. The zero-order valence-corrected chi connectivity index (χ0v) is 40.2. The molecule has 0 aromatic heterocycles. The van der Waals surface area contributed by atoms with E-state index >= 15 is 0 Å². The SMILES string of the molecule is CCC(Cc1ccc(C(C)N2CCN(C(C)c3ccc(CC(CC)(C(=O)c4ccc(N5CCNCC5)cc4)N(C)C)cc3)CC2)cc1)(C(=O)c1ccc(N2CCNCC2)cc1)N(C)C. The van der Waals surface area contributed by atoms with Crippen LogP contribution >= 0.6 is 0 Å². The van der Waals surface area contributed by atoms with E-state index in [2.05, 4.69) is 141 Å². The largest absolute Gasteiger partial charge is 0.369 e. The maximum absolute atomic E-state index is 14.3. The molecular weight excluding hydrogens is 793 g/mol. The highest BCUT2D eigenvalue weighted by Crippen LogP contribution is 2.33. The number of nitrogens with zero attached hydrogens (tertiary/aromatic N) is 6. The third-order valence-electron chi connectivity index (χ3n) is 15.3. The number of rotatable bonds is 18. The van der Waals surface area contributed by atoms with Gasteiger partial charge >= 0.3 is 0 Å². The van der Waals surface area contributed by atoms with Crippen LogP contribution in [0, 0.1) is 0 Å². The van der Waals surface area contributed by atoms with Gasteiger partial charge in [0, 0.05) is 113 Å². The van der Waals surface area contributed by atoms with Crippen molar-refractivity contribution in [3.05, 3.63) is 130 Å². The van der Waals surface area contributed by atoms with Gasteiger partial charge in [0.1, 0.15) is 0 Å². The first-order valence-corrected chi connectivity index (χ1v) is 24.1. The molecule has 7 rings (SSSR count). The standard InChI is InChI=1S/C54H76N8O2/c1-9-53(57(5)6,51(63)47-19-23-49(24-20-47)61-31-27-55-28-32-61)39-43-11-15-45(16-12-43)41(3)59-35-37-60(38-36-59)42(4)46-17-13-44(14-18-46)40-54(10-2,58(7)8)52(64)48-21-25-50(26-22-48)62-33-29-56-30-34-62/h11-26,41-42,55-56H,9-10,27-40H2,1-8H3. The average molecular weight is 869 g/mol. The normalized spacial score (nSPS) is 19.6. The maximum atomic E-state index is 14.3. The molecule has 2 N–H and O–H groups in total. The lowest BCUT2D eigenvalue weighted by atomic mass is 9.80. The highest BCUT2D eigenvalue weighted by atomic mass is 16.1. The van der Waals surface area contributed by atoms with E-state index in [1.54, 1.807) is 0 Å². The molecule has 10 nitrogen and oxygen atoms in total. The summed E-state index contributed by atoms with van der Waals surface area (Å²) in [6, 6.07) is 35.3. The Labute approximate surface area is 385 Å². The van der Waals surface area contributed by atoms with Gasteiger partial charge in [0.15, 0.2) is 11.6 Å². The number of carbonyl (C=O) groups excluding carboxylic acids is 2. The molecule has 3 saturated heterocycles. The lowest BCUT2D eigenvalue weighted by Crippen LogP contribution is -2.52. The van der Waals surface area contributed by atoms with E-state index < -0.39 is 11.1 Å². The van der Waals surface area contributed by atoms with Crippen molar-refractivity contribution in [3.8, 4) is 0 Å². The molecule has 64 heavy (non-hydrogen) atoms. The van der Waals surface area contributed by atoms with Gasteiger partial charge in [-0.15, -0.1) is 0 Å². The number of piperazine rings is 3. The number of nitrogens with one attached hydrogen (secondary N) is 2. The predicted molar refractivity (Wildman–Crippen MR) is 265 cm³/mol. The molecule has 4 aromatic carbocycles. The number of hydrogen-bond donors (Lipinski definition) is 2. The van der Waals surface area contributed by atoms with Gasteiger partial charge in [-0.1, -0.05) is 62.4 Å². The van der Waals surface area contributed by atoms with Crippen LogP contribution in [0.4, 0.5) is 11.4 Å². The zero-order valence-electron chi connectivity index (χ0n) is 40.2. The van der Waals surface area contributed by atoms with Crippen LogP contribution < -0.4 is 20.4 Å². The van der Waals surface area contributed by atoms with Gasteiger partial charge in [-0.2, -0.15) is 0 Å². The second kappa shape index (κ2) is 21.3. The Hall–Kier alpha value is -4.42. The van der Waals surface area contributed by atoms with E-state index in [0.717, 1.165) is 103 Å². The van der Waals surface area contributed by atoms with Crippen molar-refractivity contribution in [2.45, 2.75) is 76.5 Å². The molecule has 3 aliphatic rings. The minimum Gasteiger partial charge on any atom is -0.369 e. The molecule has 3 heterocycles. The Kier molecular flexibility index (Phi) is 15.8. The minimum atomic E-state index is -0.624. The van der Waals surface area contributed by atoms with Gasteiger partial charge in [0.2, 0.25) is 0 Å². The first-order chi connectivity index (χ1) is 30.9. The van der Waals surface area contributed by atoms with Gasteiger partial charge in [-0.05, 0) is 139 Å². The number of ketones is 2. The summed E-state index contributed by atoms with van der Waals surface area (Å²) in [5.74, 6) is 0.371. The Bertz CT molecular complexity index is 1950. The maximum Gasteiger partial charge on any atom is 0.183 e. The molecule has 0 spiro atoms. The third kappa shape index (κ3) is 10.3. The van der Waals surface area contributed by atoms with Crippen LogP contribution in [-0.4, -0.2) is 149 Å². The number of carbonyl (C=O) groups is 2. The highest BCUT2D eigenvalue weighted by Gasteiger charge is 2.41. The third-order valence-corrected chi connectivity index (χ3v) is 15.3. The lowest BCUT2D eigenvalue weighted by Gasteiger charge is -2.41. The zero-order chi connectivity index (χ0) is 45.4. The van der Waals surface area contributed by atoms with Crippen LogP contribution in [0.1, 0.15) is 95.6 Å². The van der Waals surface area contributed by atoms with E-state index in [-0.39, 0.29) is 11.6 Å². The summed E-state index contributed by atoms with van der Waals surface area (Å²) < 4.78 is 0. The molecular formula is C54H76N8O2. The summed E-state index contributed by atoms with van der Waals surface area (Å²) >= 11 is 0. The van der Waals surface area contributed by atoms with E-state index in [9.17, 15) is 9.59 Å². The molecule has 0 aliphatic carbocycles. The smallest absolute Gasteiger partial charge is 0.183 e. The van der Waals surface area contributed by atoms with Crippen molar-refractivity contribution in [1.29, 1.82) is 0 Å². The molecule has 3 aliphatic heterocycles. The number of hydrogen-bond acceptors (Lipinski definition) is 10. The minimum absolute atomic E-state index is 0.186. The summed E-state index contributed by atoms with van der Waals surface area (Å²) in [5, 5.41) is 6.84. The van der Waals surface area contributed by atoms with E-state index in [0.29, 0.717) is 24.9 Å². The van der Waals surface area contributed by atoms with Gasteiger partial charge in [-0.25, -0.2) is 0 Å². The van der Waals surface area contributed by atoms with Crippen molar-refractivity contribution >= 4 is 22.9 Å². The topological polar surface area (TPSA) is 77.6 Å². The summed E-state index contributed by atoms with van der Waals surface area (Å²) in [7, 11) is 8.18. The van der Waals surface area contributed by atoms with Crippen LogP contribution in [0.25, 0.3) is 0 Å². The second-order valence-corrected chi connectivity index (χ2v) is 19.0. The second-order valence-electron chi connectivity index (χ2n) is 19.0. The fraction of sp³-hybridized carbons (Fsp3) is 0.519. The monoisotopic (exact) mass is 869 g/mol. The van der Waals surface area contributed by atoms with Crippen LogP contribution in [0.2, 0.25) is 0 Å². The van der Waals surface area contributed by atoms with Crippen LogP contribution in [-0.2, 0) is 12.8 Å². The Balaban J connectivity index is 0.932. The summed E-state index contributed by atoms with van der Waals surface area (Å²) in [4.78, 5) is 42.8. The number of anilines is 2. The van der Waals surface area contributed by atoms with Gasteiger partial charge < -0.3 is 20.4 Å². The highest BCUT2D eigenvalue weighted by molar-refractivity contribution is 6.04.